The molecule has 1 amide bonds. The quantitative estimate of drug-likeness (QED) is 0.0204. The maximum atomic E-state index is 13.3. The van der Waals surface area contributed by atoms with Gasteiger partial charge in [-0.05, 0) is 103 Å². The van der Waals surface area contributed by atoms with Crippen molar-refractivity contribution >= 4 is 5.91 Å². The summed E-state index contributed by atoms with van der Waals surface area (Å²) in [4.78, 5) is 13.3. The standard InChI is InChI=1S/C78H133NO13/c1-3-5-7-9-11-13-15-17-19-21-23-25-27-29-30-31-32-33-34-35-36-38-40-42-44-46-48-50-52-54-56-58-60-62-70(83)79-66(65-89-77-75(88)73(86)76(69(64-81)91-77)92-78-74(87)72(85)71(84)68(63-80)90-78)67(82)61-59-57-55-53-51-49-47-45-43-41-39-37-28-26-24-22-20-18-16-14-12-10-8-6-4-2/h5,7,11,13,17,19,23,25,29-30,32-33,35-36,43,45,51,53,59,61,66-69,71-78,80-82,84-88H,3-4,6,8-10,12,14-16,18,20-22,24,26-28,31,34,37-42,44,46-50,52,54-58,60,62-65H2,1-2H3,(H,79,83)/b7-5-,13-11-,19-17-,25-23-,30-29-,33-32-,36-35-,45-43+,53-51+,61-59+. The number of rotatable bonds is 59. The minimum Gasteiger partial charge on any atom is -0.394 e. The van der Waals surface area contributed by atoms with Crippen molar-refractivity contribution in [2.45, 2.75) is 344 Å². The number of hydrogen-bond acceptors (Lipinski definition) is 13. The predicted octanol–water partition coefficient (Wildman–Crippen LogP) is 15.7. The molecule has 14 heteroatoms. The van der Waals surface area contributed by atoms with Crippen molar-refractivity contribution in [2.24, 2.45) is 0 Å². The van der Waals surface area contributed by atoms with E-state index in [1.54, 1.807) is 6.08 Å². The van der Waals surface area contributed by atoms with Crippen LogP contribution in [0.1, 0.15) is 271 Å². The van der Waals surface area contributed by atoms with Crippen molar-refractivity contribution in [1.29, 1.82) is 0 Å². The maximum Gasteiger partial charge on any atom is 0.220 e. The first kappa shape index (κ1) is 84.5. The van der Waals surface area contributed by atoms with Gasteiger partial charge >= 0.3 is 0 Å². The number of hydrogen-bond donors (Lipinski definition) is 9. The smallest absolute Gasteiger partial charge is 0.220 e. The molecule has 12 unspecified atom stereocenters. The van der Waals surface area contributed by atoms with Gasteiger partial charge < -0.3 is 65.1 Å². The van der Waals surface area contributed by atoms with Gasteiger partial charge in [0.25, 0.3) is 0 Å². The zero-order valence-electron chi connectivity index (χ0n) is 57.5. The van der Waals surface area contributed by atoms with Crippen LogP contribution >= 0.6 is 0 Å². The summed E-state index contributed by atoms with van der Waals surface area (Å²) in [5.74, 6) is -0.260. The highest BCUT2D eigenvalue weighted by Crippen LogP contribution is 2.30. The van der Waals surface area contributed by atoms with Crippen molar-refractivity contribution in [1.82, 2.24) is 5.32 Å². The summed E-state index contributed by atoms with van der Waals surface area (Å²) >= 11 is 0. The largest absolute Gasteiger partial charge is 0.394 e. The Morgan fingerprint density at radius 1 is 0.402 bits per heavy atom. The lowest BCUT2D eigenvalue weighted by atomic mass is 9.97. The van der Waals surface area contributed by atoms with Crippen molar-refractivity contribution in [3.05, 3.63) is 122 Å². The molecule has 0 saturated carbocycles. The van der Waals surface area contributed by atoms with E-state index in [0.717, 1.165) is 96.3 Å². The van der Waals surface area contributed by atoms with E-state index in [0.29, 0.717) is 12.8 Å². The number of aliphatic hydroxyl groups is 8. The Labute approximate surface area is 558 Å². The topological polar surface area (TPSA) is 228 Å². The highest BCUT2D eigenvalue weighted by molar-refractivity contribution is 5.76. The molecule has 528 valence electrons. The van der Waals surface area contributed by atoms with Crippen molar-refractivity contribution in [3.63, 3.8) is 0 Å². The summed E-state index contributed by atoms with van der Waals surface area (Å²) in [7, 11) is 0. The average molecular weight is 1290 g/mol. The number of carbonyl (C=O) groups is 1. The molecule has 2 aliphatic heterocycles. The second kappa shape index (κ2) is 61.0. The zero-order chi connectivity index (χ0) is 66.6. The van der Waals surface area contributed by atoms with Crippen LogP contribution in [0.25, 0.3) is 0 Å². The average Bonchev–Trinajstić information content (AvgIpc) is 0.829. The van der Waals surface area contributed by atoms with E-state index >= 15 is 0 Å². The lowest BCUT2D eigenvalue weighted by Gasteiger charge is -2.46. The van der Waals surface area contributed by atoms with Gasteiger partial charge in [-0.3, -0.25) is 4.79 Å². The minimum atomic E-state index is -1.80. The van der Waals surface area contributed by atoms with Crippen LogP contribution in [0.2, 0.25) is 0 Å². The summed E-state index contributed by atoms with van der Waals surface area (Å²) in [6.45, 7) is 2.67. The molecule has 0 spiro atoms. The fourth-order valence-electron chi connectivity index (χ4n) is 11.3. The van der Waals surface area contributed by atoms with Crippen molar-refractivity contribution in [2.75, 3.05) is 19.8 Å². The van der Waals surface area contributed by atoms with E-state index in [1.165, 1.54) is 141 Å². The van der Waals surface area contributed by atoms with Gasteiger partial charge in [0.15, 0.2) is 12.6 Å². The van der Waals surface area contributed by atoms with E-state index in [1.807, 2.05) is 6.08 Å². The fraction of sp³-hybridized carbons (Fsp3) is 0.731. The number of amides is 1. The third-order valence-electron chi connectivity index (χ3n) is 17.1. The summed E-state index contributed by atoms with van der Waals surface area (Å²) < 4.78 is 22.8. The molecule has 2 heterocycles. The highest BCUT2D eigenvalue weighted by atomic mass is 16.7. The van der Waals surface area contributed by atoms with Crippen molar-refractivity contribution < 1.29 is 64.6 Å². The van der Waals surface area contributed by atoms with E-state index in [4.69, 9.17) is 18.9 Å². The highest BCUT2D eigenvalue weighted by Gasteiger charge is 2.51. The number of unbranched alkanes of at least 4 members (excludes halogenated alkanes) is 28. The van der Waals surface area contributed by atoms with Crippen LogP contribution in [-0.2, 0) is 23.7 Å². The molecule has 2 rings (SSSR count). The minimum absolute atomic E-state index is 0.259. The van der Waals surface area contributed by atoms with E-state index in [9.17, 15) is 45.6 Å². The van der Waals surface area contributed by atoms with Gasteiger partial charge in [0.2, 0.25) is 5.91 Å². The lowest BCUT2D eigenvalue weighted by molar-refractivity contribution is -0.359. The zero-order valence-corrected chi connectivity index (χ0v) is 57.5. The van der Waals surface area contributed by atoms with Gasteiger partial charge in [0, 0.05) is 6.42 Å². The predicted molar refractivity (Wildman–Crippen MR) is 378 cm³/mol. The molecule has 14 nitrogen and oxygen atoms in total. The van der Waals surface area contributed by atoms with Gasteiger partial charge in [0.1, 0.15) is 48.8 Å². The first-order chi connectivity index (χ1) is 45.1. The lowest BCUT2D eigenvalue weighted by Crippen LogP contribution is -2.65. The molecule has 2 saturated heterocycles. The van der Waals surface area contributed by atoms with Crippen LogP contribution < -0.4 is 5.32 Å². The second-order valence-corrected chi connectivity index (χ2v) is 25.3. The third-order valence-corrected chi connectivity index (χ3v) is 17.1. The molecule has 0 aromatic carbocycles. The molecule has 92 heavy (non-hydrogen) atoms. The molecule has 0 radical (unpaired) electrons. The number of ether oxygens (including phenoxy) is 4. The second-order valence-electron chi connectivity index (χ2n) is 25.3. The Morgan fingerprint density at radius 2 is 0.761 bits per heavy atom. The summed E-state index contributed by atoms with van der Waals surface area (Å²) in [6.07, 6.45) is 72.5. The van der Waals surface area contributed by atoms with Crippen LogP contribution in [0.3, 0.4) is 0 Å². The SMILES string of the molecule is CC/C=C\C/C=C\C/C=C\C/C=C\C/C=C\C/C=C\C/C=C\CCCCCCCCCCCCCC(=O)NC(COC1OC(CO)C(OC2OC(CO)C(O)C(O)C2O)C(O)C1O)C(O)/C=C/CC/C=C/CC/C=C/CCCCCCCCCCCCCCCCC. The molecule has 9 N–H and O–H groups in total. The Balaban J connectivity index is 1.69. The molecule has 0 aromatic heterocycles. The number of allylic oxidation sites excluding steroid dienone is 19. The number of aliphatic hydroxyl groups excluding tert-OH is 8. The molecule has 12 atom stereocenters. The number of nitrogens with one attached hydrogen (secondary N) is 1. The van der Waals surface area contributed by atoms with Crippen LogP contribution in [0.5, 0.6) is 0 Å². The van der Waals surface area contributed by atoms with Crippen LogP contribution in [0.4, 0.5) is 0 Å². The Hall–Kier alpha value is -3.61. The maximum absolute atomic E-state index is 13.3. The summed E-state index contributed by atoms with van der Waals surface area (Å²) in [5, 5.41) is 87.5. The van der Waals surface area contributed by atoms with Gasteiger partial charge in [-0.15, -0.1) is 0 Å². The van der Waals surface area contributed by atoms with Gasteiger partial charge in [-0.25, -0.2) is 0 Å². The van der Waals surface area contributed by atoms with Crippen LogP contribution in [-0.4, -0.2) is 140 Å². The number of carbonyl (C=O) groups excluding carboxylic acids is 1. The molecule has 0 bridgehead atoms. The summed E-state index contributed by atoms with van der Waals surface area (Å²) in [6, 6.07) is -0.949. The van der Waals surface area contributed by atoms with E-state index in [2.05, 4.69) is 129 Å². The first-order valence-electron chi connectivity index (χ1n) is 36.8. The van der Waals surface area contributed by atoms with E-state index < -0.39 is 86.8 Å². The molecule has 2 fully saturated rings. The fourth-order valence-corrected chi connectivity index (χ4v) is 11.3. The monoisotopic (exact) mass is 1290 g/mol. The molecule has 0 aliphatic carbocycles. The molecular formula is C78H133NO13. The van der Waals surface area contributed by atoms with Gasteiger partial charge in [-0.2, -0.15) is 0 Å². The molecule has 0 aromatic rings. The van der Waals surface area contributed by atoms with Crippen molar-refractivity contribution in [3.8, 4) is 0 Å². The van der Waals surface area contributed by atoms with Gasteiger partial charge in [-0.1, -0.05) is 283 Å². The first-order valence-corrected chi connectivity index (χ1v) is 36.8. The van der Waals surface area contributed by atoms with Gasteiger partial charge in [0.05, 0.1) is 32.0 Å². The Kier molecular flexibility index (Phi) is 56.0. The Morgan fingerprint density at radius 3 is 1.20 bits per heavy atom. The van der Waals surface area contributed by atoms with E-state index in [-0.39, 0.29) is 18.9 Å². The van der Waals surface area contributed by atoms with Crippen LogP contribution in [0, 0.1) is 0 Å². The third kappa shape index (κ3) is 44.2. The molecule has 2 aliphatic rings. The normalized spacial score (nSPS) is 23.4. The molecular weight excluding hydrogens is 1160 g/mol. The van der Waals surface area contributed by atoms with Crippen LogP contribution in [0.15, 0.2) is 122 Å². The Bertz CT molecular complexity index is 2010. The summed E-state index contributed by atoms with van der Waals surface area (Å²) in [5.41, 5.74) is 0.